The lowest BCUT2D eigenvalue weighted by atomic mass is 9.97. The first kappa shape index (κ1) is 18.4. The van der Waals surface area contributed by atoms with E-state index in [2.05, 4.69) is 25.7 Å². The van der Waals surface area contributed by atoms with Crippen LogP contribution in [0.5, 0.6) is 0 Å². The lowest BCUT2D eigenvalue weighted by Crippen LogP contribution is -2.46. The van der Waals surface area contributed by atoms with E-state index in [1.807, 2.05) is 0 Å². The van der Waals surface area contributed by atoms with Crippen molar-refractivity contribution in [2.45, 2.75) is 71.4 Å². The van der Waals surface area contributed by atoms with Crippen LogP contribution in [-0.2, 0) is 9.53 Å². The van der Waals surface area contributed by atoms with Crippen molar-refractivity contribution in [2.24, 2.45) is 5.73 Å². The highest BCUT2D eigenvalue weighted by Gasteiger charge is 2.29. The molecular weight excluding hydrogens is 240 g/mol. The Morgan fingerprint density at radius 3 is 2.37 bits per heavy atom. The van der Waals surface area contributed by atoms with E-state index in [1.165, 1.54) is 20.0 Å². The van der Waals surface area contributed by atoms with E-state index in [4.69, 9.17) is 10.5 Å². The third-order valence-corrected chi connectivity index (χ3v) is 3.81. The number of carbonyl (C=O) groups excluding carboxylic acids is 1. The Labute approximate surface area is 118 Å². The summed E-state index contributed by atoms with van der Waals surface area (Å²) in [5.41, 5.74) is 5.11. The second kappa shape index (κ2) is 9.32. The van der Waals surface area contributed by atoms with Crippen molar-refractivity contribution in [1.82, 2.24) is 4.90 Å². The molecule has 0 bridgehead atoms. The minimum absolute atomic E-state index is 0.323. The van der Waals surface area contributed by atoms with Crippen LogP contribution in [-0.4, -0.2) is 42.6 Å². The Morgan fingerprint density at radius 1 is 1.32 bits per heavy atom. The topological polar surface area (TPSA) is 55.6 Å². The van der Waals surface area contributed by atoms with Crippen LogP contribution in [0, 0.1) is 0 Å². The summed E-state index contributed by atoms with van der Waals surface area (Å²) in [7, 11) is 1.39. The number of ether oxygens (including phenoxy) is 1. The van der Waals surface area contributed by atoms with Crippen molar-refractivity contribution < 1.29 is 9.53 Å². The first-order valence-electron chi connectivity index (χ1n) is 7.50. The summed E-state index contributed by atoms with van der Waals surface area (Å²) >= 11 is 0. The maximum Gasteiger partial charge on any atom is 0.325 e. The van der Waals surface area contributed by atoms with Crippen LogP contribution in [0.3, 0.4) is 0 Å². The molecule has 0 rings (SSSR count). The SMILES string of the molecule is CCCCN(CCCC(C)(N)C(=O)OC)C(C)CC. The van der Waals surface area contributed by atoms with Gasteiger partial charge >= 0.3 is 5.97 Å². The van der Waals surface area contributed by atoms with Gasteiger partial charge < -0.3 is 15.4 Å². The van der Waals surface area contributed by atoms with Crippen LogP contribution in [0.1, 0.15) is 59.8 Å². The first-order chi connectivity index (χ1) is 8.88. The van der Waals surface area contributed by atoms with Crippen molar-refractivity contribution in [2.75, 3.05) is 20.2 Å². The minimum atomic E-state index is -0.860. The van der Waals surface area contributed by atoms with Gasteiger partial charge in [-0.2, -0.15) is 0 Å². The van der Waals surface area contributed by atoms with Gasteiger partial charge in [-0.3, -0.25) is 4.79 Å². The molecule has 0 fully saturated rings. The summed E-state index contributed by atoms with van der Waals surface area (Å²) in [4.78, 5) is 14.0. The fourth-order valence-electron chi connectivity index (χ4n) is 2.16. The quantitative estimate of drug-likeness (QED) is 0.621. The maximum absolute atomic E-state index is 11.5. The predicted molar refractivity (Wildman–Crippen MR) is 80.1 cm³/mol. The van der Waals surface area contributed by atoms with Gasteiger partial charge in [0.1, 0.15) is 5.54 Å². The molecule has 114 valence electrons. The van der Waals surface area contributed by atoms with Gasteiger partial charge in [-0.15, -0.1) is 0 Å². The number of esters is 1. The molecule has 0 spiro atoms. The van der Waals surface area contributed by atoms with Gasteiger partial charge in [0.25, 0.3) is 0 Å². The van der Waals surface area contributed by atoms with Crippen molar-refractivity contribution in [3.05, 3.63) is 0 Å². The highest BCUT2D eigenvalue weighted by Crippen LogP contribution is 2.13. The first-order valence-corrected chi connectivity index (χ1v) is 7.50. The number of hydrogen-bond acceptors (Lipinski definition) is 4. The zero-order chi connectivity index (χ0) is 14.9. The molecule has 0 heterocycles. The maximum atomic E-state index is 11.5. The second-order valence-electron chi connectivity index (χ2n) is 5.66. The van der Waals surface area contributed by atoms with Gasteiger partial charge in [0, 0.05) is 6.04 Å². The van der Waals surface area contributed by atoms with Crippen molar-refractivity contribution in [1.29, 1.82) is 0 Å². The smallest absolute Gasteiger partial charge is 0.325 e. The van der Waals surface area contributed by atoms with Crippen LogP contribution in [0.4, 0.5) is 0 Å². The van der Waals surface area contributed by atoms with E-state index in [0.717, 1.165) is 25.9 Å². The van der Waals surface area contributed by atoms with Gasteiger partial charge in [-0.25, -0.2) is 0 Å². The summed E-state index contributed by atoms with van der Waals surface area (Å²) < 4.78 is 4.73. The fraction of sp³-hybridized carbons (Fsp3) is 0.933. The molecule has 19 heavy (non-hydrogen) atoms. The molecule has 0 aromatic heterocycles. The molecule has 0 aliphatic carbocycles. The van der Waals surface area contributed by atoms with Crippen LogP contribution in [0.2, 0.25) is 0 Å². The molecule has 0 saturated heterocycles. The zero-order valence-corrected chi connectivity index (χ0v) is 13.4. The number of nitrogens with two attached hydrogens (primary N) is 1. The second-order valence-corrected chi connectivity index (χ2v) is 5.66. The molecular formula is C15H32N2O2. The molecule has 2 unspecified atom stereocenters. The molecule has 0 saturated carbocycles. The Hall–Kier alpha value is -0.610. The lowest BCUT2D eigenvalue weighted by Gasteiger charge is -2.29. The van der Waals surface area contributed by atoms with Gasteiger partial charge in [0.05, 0.1) is 7.11 Å². The minimum Gasteiger partial charge on any atom is -0.468 e. The summed E-state index contributed by atoms with van der Waals surface area (Å²) in [6, 6.07) is 0.591. The monoisotopic (exact) mass is 272 g/mol. The number of unbranched alkanes of at least 4 members (excludes halogenated alkanes) is 1. The highest BCUT2D eigenvalue weighted by molar-refractivity contribution is 5.79. The summed E-state index contributed by atoms with van der Waals surface area (Å²) in [5, 5.41) is 0. The molecule has 2 N–H and O–H groups in total. The molecule has 0 aromatic carbocycles. The Morgan fingerprint density at radius 2 is 1.89 bits per heavy atom. The van der Waals surface area contributed by atoms with Crippen LogP contribution < -0.4 is 5.73 Å². The standard InChI is InChI=1S/C15H32N2O2/c1-6-8-11-17(13(3)7-2)12-9-10-15(4,16)14(18)19-5/h13H,6-12,16H2,1-5H3. The largest absolute Gasteiger partial charge is 0.468 e. The molecule has 0 aromatic rings. The zero-order valence-electron chi connectivity index (χ0n) is 13.4. The average Bonchev–Trinajstić information content (AvgIpc) is 2.40. The highest BCUT2D eigenvalue weighted by atomic mass is 16.5. The number of nitrogens with zero attached hydrogens (tertiary/aromatic N) is 1. The molecule has 4 nitrogen and oxygen atoms in total. The summed E-state index contributed by atoms with van der Waals surface area (Å²) in [6.45, 7) is 10.6. The number of rotatable bonds is 10. The van der Waals surface area contributed by atoms with Crippen molar-refractivity contribution >= 4 is 5.97 Å². The Kier molecular flexibility index (Phi) is 9.02. The van der Waals surface area contributed by atoms with E-state index in [9.17, 15) is 4.79 Å². The number of carbonyl (C=O) groups is 1. The molecule has 0 amide bonds. The van der Waals surface area contributed by atoms with Crippen molar-refractivity contribution in [3.63, 3.8) is 0 Å². The van der Waals surface area contributed by atoms with Crippen LogP contribution in [0.25, 0.3) is 0 Å². The van der Waals surface area contributed by atoms with E-state index < -0.39 is 5.54 Å². The van der Waals surface area contributed by atoms with E-state index in [0.29, 0.717) is 12.5 Å². The van der Waals surface area contributed by atoms with Gasteiger partial charge in [-0.1, -0.05) is 20.3 Å². The van der Waals surface area contributed by atoms with E-state index in [-0.39, 0.29) is 5.97 Å². The Balaban J connectivity index is 4.21. The predicted octanol–water partition coefficient (Wildman–Crippen LogP) is 2.56. The van der Waals surface area contributed by atoms with Gasteiger partial charge in [0.2, 0.25) is 0 Å². The Bertz CT molecular complexity index is 255. The van der Waals surface area contributed by atoms with Crippen molar-refractivity contribution in [3.8, 4) is 0 Å². The third kappa shape index (κ3) is 6.92. The third-order valence-electron chi connectivity index (χ3n) is 3.81. The lowest BCUT2D eigenvalue weighted by molar-refractivity contribution is -0.146. The summed E-state index contributed by atoms with van der Waals surface area (Å²) in [5.74, 6) is -0.323. The normalized spacial score (nSPS) is 16.2. The van der Waals surface area contributed by atoms with Gasteiger partial charge in [-0.05, 0) is 52.6 Å². The molecule has 4 heteroatoms. The molecule has 2 atom stereocenters. The van der Waals surface area contributed by atoms with Gasteiger partial charge in [0.15, 0.2) is 0 Å². The molecule has 0 aliphatic rings. The number of methoxy groups -OCH3 is 1. The average molecular weight is 272 g/mol. The molecule has 0 radical (unpaired) electrons. The van der Waals surface area contributed by atoms with E-state index in [1.54, 1.807) is 6.92 Å². The summed E-state index contributed by atoms with van der Waals surface area (Å²) in [6.07, 6.45) is 5.18. The fourth-order valence-corrected chi connectivity index (χ4v) is 2.16. The van der Waals surface area contributed by atoms with E-state index >= 15 is 0 Å². The number of hydrogen-bond donors (Lipinski definition) is 1. The molecule has 0 aliphatic heterocycles. The van der Waals surface area contributed by atoms with Crippen LogP contribution in [0.15, 0.2) is 0 Å². The van der Waals surface area contributed by atoms with Crippen LogP contribution >= 0.6 is 0 Å².